The van der Waals surface area contributed by atoms with Crippen LogP contribution in [0.3, 0.4) is 0 Å². The number of aromatic amines is 1. The topological polar surface area (TPSA) is 102 Å². The molecule has 1 rings (SSSR count). The molecule has 1 amide bonds. The van der Waals surface area contributed by atoms with Crippen molar-refractivity contribution in [2.24, 2.45) is 5.73 Å². The van der Waals surface area contributed by atoms with E-state index in [1.807, 2.05) is 0 Å². The van der Waals surface area contributed by atoms with Gasteiger partial charge in [-0.3, -0.25) is 9.59 Å². The maximum atomic E-state index is 11.2. The van der Waals surface area contributed by atoms with E-state index in [4.69, 9.17) is 5.73 Å². The first kappa shape index (κ1) is 11.0. The van der Waals surface area contributed by atoms with Gasteiger partial charge in [0.1, 0.15) is 5.56 Å². The molecule has 0 bridgehead atoms. The Morgan fingerprint density at radius 1 is 1.40 bits per heavy atom. The summed E-state index contributed by atoms with van der Waals surface area (Å²) in [6, 6.07) is 1.13. The highest BCUT2D eigenvalue weighted by Gasteiger charge is 2.15. The van der Waals surface area contributed by atoms with Gasteiger partial charge in [-0.1, -0.05) is 0 Å². The fourth-order valence-corrected chi connectivity index (χ4v) is 1.13. The smallest absolute Gasteiger partial charge is 0.339 e. The fraction of sp³-hybridized carbons (Fsp3) is 0.222. The van der Waals surface area contributed by atoms with Gasteiger partial charge >= 0.3 is 5.97 Å². The molecule has 1 heterocycles. The van der Waals surface area contributed by atoms with Crippen molar-refractivity contribution in [3.05, 3.63) is 33.2 Å². The Labute approximate surface area is 85.0 Å². The normalized spacial score (nSPS) is 9.73. The number of hydrogen-bond acceptors (Lipinski definition) is 4. The number of methoxy groups -OCH3 is 1. The molecule has 15 heavy (non-hydrogen) atoms. The number of carbonyl (C=O) groups excluding carboxylic acids is 2. The highest BCUT2D eigenvalue weighted by Crippen LogP contribution is 2.06. The van der Waals surface area contributed by atoms with Crippen molar-refractivity contribution >= 4 is 11.9 Å². The SMILES string of the molecule is COC(=O)c1cc(C(N)=O)c(=O)[nH]c1C. The van der Waals surface area contributed by atoms with E-state index >= 15 is 0 Å². The summed E-state index contributed by atoms with van der Waals surface area (Å²) < 4.78 is 4.48. The summed E-state index contributed by atoms with van der Waals surface area (Å²) in [6.45, 7) is 1.53. The number of pyridine rings is 1. The van der Waals surface area contributed by atoms with Crippen molar-refractivity contribution in [1.82, 2.24) is 4.98 Å². The molecule has 0 atom stereocenters. The van der Waals surface area contributed by atoms with Crippen LogP contribution in [0, 0.1) is 6.92 Å². The van der Waals surface area contributed by atoms with Crippen LogP contribution in [0.1, 0.15) is 26.4 Å². The maximum absolute atomic E-state index is 11.2. The van der Waals surface area contributed by atoms with Gasteiger partial charge in [0.25, 0.3) is 11.5 Å². The van der Waals surface area contributed by atoms with Crippen LogP contribution in [0.15, 0.2) is 10.9 Å². The second-order valence-corrected chi connectivity index (χ2v) is 2.91. The van der Waals surface area contributed by atoms with Crippen LogP contribution in [-0.2, 0) is 4.74 Å². The van der Waals surface area contributed by atoms with Crippen molar-refractivity contribution in [3.63, 3.8) is 0 Å². The van der Waals surface area contributed by atoms with Crippen LogP contribution in [-0.4, -0.2) is 24.0 Å². The van der Waals surface area contributed by atoms with Crippen molar-refractivity contribution in [2.75, 3.05) is 7.11 Å². The average molecular weight is 210 g/mol. The second-order valence-electron chi connectivity index (χ2n) is 2.91. The molecule has 80 valence electrons. The van der Waals surface area contributed by atoms with Gasteiger partial charge < -0.3 is 15.5 Å². The summed E-state index contributed by atoms with van der Waals surface area (Å²) in [5.41, 5.74) is 4.53. The molecule has 1 aromatic rings. The molecule has 0 radical (unpaired) electrons. The van der Waals surface area contributed by atoms with E-state index in [1.165, 1.54) is 14.0 Å². The maximum Gasteiger partial charge on any atom is 0.339 e. The van der Waals surface area contributed by atoms with Gasteiger partial charge in [-0.05, 0) is 13.0 Å². The Bertz CT molecular complexity index is 475. The lowest BCUT2D eigenvalue weighted by molar-refractivity contribution is 0.0599. The van der Waals surface area contributed by atoms with Gasteiger partial charge in [0.15, 0.2) is 0 Å². The van der Waals surface area contributed by atoms with Crippen molar-refractivity contribution in [2.45, 2.75) is 6.92 Å². The van der Waals surface area contributed by atoms with Crippen LogP contribution in [0.25, 0.3) is 0 Å². The number of ether oxygens (including phenoxy) is 1. The first-order valence-corrected chi connectivity index (χ1v) is 4.09. The second kappa shape index (κ2) is 3.95. The molecule has 0 saturated carbocycles. The molecule has 0 aromatic carbocycles. The third-order valence-electron chi connectivity index (χ3n) is 1.91. The number of esters is 1. The quantitative estimate of drug-likeness (QED) is 0.646. The van der Waals surface area contributed by atoms with Gasteiger partial charge in [0, 0.05) is 5.69 Å². The molecule has 0 unspecified atom stereocenters. The monoisotopic (exact) mass is 210 g/mol. The number of amides is 1. The zero-order valence-electron chi connectivity index (χ0n) is 8.29. The molecule has 0 spiro atoms. The number of aryl methyl sites for hydroxylation is 1. The summed E-state index contributed by atoms with van der Waals surface area (Å²) in [4.78, 5) is 35.7. The van der Waals surface area contributed by atoms with E-state index in [9.17, 15) is 14.4 Å². The number of nitrogens with one attached hydrogen (secondary N) is 1. The number of primary amides is 1. The molecule has 0 aliphatic heterocycles. The minimum atomic E-state index is -0.888. The summed E-state index contributed by atoms with van der Waals surface area (Å²) in [6.07, 6.45) is 0. The van der Waals surface area contributed by atoms with Crippen molar-refractivity contribution < 1.29 is 14.3 Å². The molecule has 0 saturated heterocycles. The number of hydrogen-bond donors (Lipinski definition) is 2. The fourth-order valence-electron chi connectivity index (χ4n) is 1.13. The summed E-state index contributed by atoms with van der Waals surface area (Å²) in [5, 5.41) is 0. The van der Waals surface area contributed by atoms with E-state index in [-0.39, 0.29) is 11.1 Å². The zero-order chi connectivity index (χ0) is 11.6. The number of nitrogens with two attached hydrogens (primary N) is 1. The third-order valence-corrected chi connectivity index (χ3v) is 1.91. The largest absolute Gasteiger partial charge is 0.465 e. The Morgan fingerprint density at radius 2 is 2.00 bits per heavy atom. The molecular formula is C9H10N2O4. The summed E-state index contributed by atoms with van der Waals surface area (Å²) in [7, 11) is 1.21. The standard InChI is InChI=1S/C9H10N2O4/c1-4-5(9(14)15-2)3-6(7(10)12)8(13)11-4/h3H,1-2H3,(H2,10,12)(H,11,13). The molecule has 0 fully saturated rings. The average Bonchev–Trinajstić information content (AvgIpc) is 2.16. The van der Waals surface area contributed by atoms with Gasteiger partial charge in [0.2, 0.25) is 0 Å². The van der Waals surface area contributed by atoms with Crippen LogP contribution < -0.4 is 11.3 Å². The van der Waals surface area contributed by atoms with E-state index in [2.05, 4.69) is 9.72 Å². The first-order chi connectivity index (χ1) is 6.97. The molecule has 0 aliphatic carbocycles. The van der Waals surface area contributed by atoms with Gasteiger partial charge in [-0.25, -0.2) is 4.79 Å². The van der Waals surface area contributed by atoms with Crippen LogP contribution >= 0.6 is 0 Å². The van der Waals surface area contributed by atoms with Crippen LogP contribution in [0.5, 0.6) is 0 Å². The van der Waals surface area contributed by atoms with Gasteiger partial charge in [-0.2, -0.15) is 0 Å². The lowest BCUT2D eigenvalue weighted by Gasteiger charge is -2.04. The molecule has 3 N–H and O–H groups in total. The summed E-state index contributed by atoms with van der Waals surface area (Å²) in [5.74, 6) is -1.52. The first-order valence-electron chi connectivity index (χ1n) is 4.09. The van der Waals surface area contributed by atoms with Crippen molar-refractivity contribution in [1.29, 1.82) is 0 Å². The van der Waals surface area contributed by atoms with E-state index in [1.54, 1.807) is 0 Å². The van der Waals surface area contributed by atoms with E-state index < -0.39 is 17.4 Å². The molecule has 6 heteroatoms. The van der Waals surface area contributed by atoms with E-state index in [0.29, 0.717) is 5.69 Å². The Kier molecular flexibility index (Phi) is 2.89. The molecule has 6 nitrogen and oxygen atoms in total. The predicted octanol–water partition coefficient (Wildman–Crippen LogP) is -0.431. The minimum absolute atomic E-state index is 0.117. The number of aromatic nitrogens is 1. The Balaban J connectivity index is 3.43. The Hall–Kier alpha value is -2.11. The number of carbonyl (C=O) groups is 2. The van der Waals surface area contributed by atoms with E-state index in [0.717, 1.165) is 6.07 Å². The zero-order valence-corrected chi connectivity index (χ0v) is 8.29. The third kappa shape index (κ3) is 2.04. The van der Waals surface area contributed by atoms with Gasteiger partial charge in [-0.15, -0.1) is 0 Å². The highest BCUT2D eigenvalue weighted by atomic mass is 16.5. The molecule has 1 aromatic heterocycles. The number of H-pyrrole nitrogens is 1. The van der Waals surface area contributed by atoms with Gasteiger partial charge in [0.05, 0.1) is 12.7 Å². The van der Waals surface area contributed by atoms with Crippen LogP contribution in [0.2, 0.25) is 0 Å². The lowest BCUT2D eigenvalue weighted by Crippen LogP contribution is -2.25. The van der Waals surface area contributed by atoms with Crippen molar-refractivity contribution in [3.8, 4) is 0 Å². The summed E-state index contributed by atoms with van der Waals surface area (Å²) >= 11 is 0. The minimum Gasteiger partial charge on any atom is -0.465 e. The van der Waals surface area contributed by atoms with Crippen LogP contribution in [0.4, 0.5) is 0 Å². The Morgan fingerprint density at radius 3 is 2.47 bits per heavy atom. The highest BCUT2D eigenvalue weighted by molar-refractivity contribution is 5.97. The number of rotatable bonds is 2. The lowest BCUT2D eigenvalue weighted by atomic mass is 10.1. The molecular weight excluding hydrogens is 200 g/mol. The predicted molar refractivity (Wildman–Crippen MR) is 51.7 cm³/mol. The molecule has 0 aliphatic rings.